The lowest BCUT2D eigenvalue weighted by Crippen LogP contribution is -2.11. The van der Waals surface area contributed by atoms with Gasteiger partial charge < -0.3 is 11.1 Å². The van der Waals surface area contributed by atoms with Gasteiger partial charge in [0.2, 0.25) is 0 Å². The van der Waals surface area contributed by atoms with Crippen LogP contribution in [0.3, 0.4) is 0 Å². The number of carbonyl (C=O) groups excluding carboxylic acids is 1. The molecule has 0 saturated heterocycles. The van der Waals surface area contributed by atoms with Gasteiger partial charge in [-0.25, -0.2) is 4.98 Å². The van der Waals surface area contributed by atoms with Gasteiger partial charge in [0.05, 0.1) is 21.4 Å². The molecule has 0 aliphatic carbocycles. The summed E-state index contributed by atoms with van der Waals surface area (Å²) >= 11 is 19.4. The smallest absolute Gasteiger partial charge is 0.267 e. The van der Waals surface area contributed by atoms with E-state index in [0.29, 0.717) is 36.2 Å². The molecule has 0 spiro atoms. The zero-order valence-electron chi connectivity index (χ0n) is 17.5. The fourth-order valence-electron chi connectivity index (χ4n) is 3.67. The molecule has 0 aliphatic heterocycles. The summed E-state index contributed by atoms with van der Waals surface area (Å²) in [5.74, 6) is -0.345. The lowest BCUT2D eigenvalue weighted by molar-refractivity contribution is 0.103. The lowest BCUT2D eigenvalue weighted by atomic mass is 9.99. The molecule has 2 aromatic heterocycles. The molecule has 5 rings (SSSR count). The number of aromatic nitrogens is 1. The zero-order chi connectivity index (χ0) is 23.8. The largest absolute Gasteiger partial charge is 0.397 e. The zero-order valence-corrected chi connectivity index (χ0v) is 20.6. The molecule has 3 aromatic carbocycles. The van der Waals surface area contributed by atoms with Gasteiger partial charge in [0.15, 0.2) is 0 Å². The molecule has 168 valence electrons. The van der Waals surface area contributed by atoms with Crippen LogP contribution in [-0.4, -0.2) is 10.9 Å². The van der Waals surface area contributed by atoms with E-state index in [4.69, 9.17) is 45.5 Å². The van der Waals surface area contributed by atoms with Gasteiger partial charge >= 0.3 is 0 Å². The van der Waals surface area contributed by atoms with Gasteiger partial charge in [-0.1, -0.05) is 77.3 Å². The minimum Gasteiger partial charge on any atom is -0.397 e. The van der Waals surface area contributed by atoms with Crippen molar-refractivity contribution in [2.45, 2.75) is 0 Å². The Morgan fingerprint density at radius 1 is 0.853 bits per heavy atom. The van der Waals surface area contributed by atoms with Crippen LogP contribution in [0.5, 0.6) is 0 Å². The SMILES string of the molecule is Nc1c(C(=O)Nc2ccc(Cl)c(Cl)c2)sc2nc(-c3ccccc3)cc(-c3ccc(Cl)cc3)c12. The molecule has 0 bridgehead atoms. The topological polar surface area (TPSA) is 68.0 Å². The van der Waals surface area contributed by atoms with Crippen LogP contribution in [0.25, 0.3) is 32.6 Å². The van der Waals surface area contributed by atoms with Crippen molar-refractivity contribution in [3.8, 4) is 22.4 Å². The van der Waals surface area contributed by atoms with Gasteiger partial charge in [0, 0.05) is 21.7 Å². The number of nitrogens with one attached hydrogen (secondary N) is 1. The summed E-state index contributed by atoms with van der Waals surface area (Å²) in [5.41, 5.74) is 11.0. The van der Waals surface area contributed by atoms with Crippen molar-refractivity contribution in [2.24, 2.45) is 0 Å². The summed E-state index contributed by atoms with van der Waals surface area (Å²) in [6.45, 7) is 0. The number of halogens is 3. The normalized spacial score (nSPS) is 11.0. The van der Waals surface area contributed by atoms with Gasteiger partial charge in [-0.15, -0.1) is 11.3 Å². The van der Waals surface area contributed by atoms with Gasteiger partial charge in [-0.3, -0.25) is 4.79 Å². The van der Waals surface area contributed by atoms with Crippen molar-refractivity contribution < 1.29 is 4.79 Å². The highest BCUT2D eigenvalue weighted by atomic mass is 35.5. The second-order valence-corrected chi connectivity index (χ2v) is 9.79. The maximum atomic E-state index is 13.1. The van der Waals surface area contributed by atoms with Crippen LogP contribution < -0.4 is 11.1 Å². The van der Waals surface area contributed by atoms with E-state index in [-0.39, 0.29) is 5.91 Å². The second kappa shape index (κ2) is 9.28. The van der Waals surface area contributed by atoms with Gasteiger partial charge in [0.25, 0.3) is 5.91 Å². The molecule has 0 fully saturated rings. The summed E-state index contributed by atoms with van der Waals surface area (Å²) in [4.78, 5) is 19.0. The molecule has 34 heavy (non-hydrogen) atoms. The molecule has 8 heteroatoms. The molecule has 0 radical (unpaired) electrons. The van der Waals surface area contributed by atoms with Crippen LogP contribution in [0.2, 0.25) is 15.1 Å². The summed E-state index contributed by atoms with van der Waals surface area (Å²) in [7, 11) is 0. The number of hydrogen-bond donors (Lipinski definition) is 2. The highest BCUT2D eigenvalue weighted by Gasteiger charge is 2.22. The van der Waals surface area contributed by atoms with E-state index in [1.165, 1.54) is 11.3 Å². The number of thiophene rings is 1. The first-order chi connectivity index (χ1) is 16.4. The Hall–Kier alpha value is -3.09. The third-order valence-corrected chi connectivity index (χ3v) is 7.40. The molecule has 2 heterocycles. The minimum atomic E-state index is -0.345. The maximum Gasteiger partial charge on any atom is 0.267 e. The Kier molecular flexibility index (Phi) is 6.19. The number of fused-ring (bicyclic) bond motifs is 1. The number of benzene rings is 3. The Balaban J connectivity index is 1.65. The number of anilines is 2. The van der Waals surface area contributed by atoms with Crippen molar-refractivity contribution in [1.29, 1.82) is 0 Å². The molecule has 4 nitrogen and oxygen atoms in total. The van der Waals surface area contributed by atoms with Crippen molar-refractivity contribution in [2.75, 3.05) is 11.1 Å². The number of carbonyl (C=O) groups is 1. The van der Waals surface area contributed by atoms with Crippen LogP contribution in [-0.2, 0) is 0 Å². The molecule has 3 N–H and O–H groups in total. The average Bonchev–Trinajstić information content (AvgIpc) is 3.18. The quantitative estimate of drug-likeness (QED) is 0.248. The van der Waals surface area contributed by atoms with Gasteiger partial charge in [0.1, 0.15) is 9.71 Å². The van der Waals surface area contributed by atoms with Crippen molar-refractivity contribution >= 4 is 73.6 Å². The van der Waals surface area contributed by atoms with E-state index >= 15 is 0 Å². The summed E-state index contributed by atoms with van der Waals surface area (Å²) in [6.07, 6.45) is 0. The van der Waals surface area contributed by atoms with E-state index in [1.54, 1.807) is 18.2 Å². The third kappa shape index (κ3) is 4.36. The summed E-state index contributed by atoms with van der Waals surface area (Å²) in [6, 6.07) is 24.3. The standard InChI is InChI=1S/C26H16Cl3N3OS/c27-16-8-6-14(7-9-16)18-13-21(15-4-2-1-3-5-15)32-26-22(18)23(30)24(34-26)25(33)31-17-10-11-19(28)20(29)12-17/h1-13H,30H2,(H,31,33). The van der Waals surface area contributed by atoms with E-state index in [2.05, 4.69) is 5.32 Å². The Morgan fingerprint density at radius 3 is 2.29 bits per heavy atom. The third-order valence-electron chi connectivity index (χ3n) is 5.31. The highest BCUT2D eigenvalue weighted by Crippen LogP contribution is 2.42. The van der Waals surface area contributed by atoms with Gasteiger partial charge in [-0.2, -0.15) is 0 Å². The fraction of sp³-hybridized carbons (Fsp3) is 0. The lowest BCUT2D eigenvalue weighted by Gasteiger charge is -2.09. The fourth-order valence-corrected chi connectivity index (χ4v) is 5.10. The molecular weight excluding hydrogens is 509 g/mol. The second-order valence-electron chi connectivity index (χ2n) is 7.54. The van der Waals surface area contributed by atoms with Crippen LogP contribution in [0, 0.1) is 0 Å². The van der Waals surface area contributed by atoms with E-state index < -0.39 is 0 Å². The maximum absolute atomic E-state index is 13.1. The highest BCUT2D eigenvalue weighted by molar-refractivity contribution is 7.21. The Morgan fingerprint density at radius 2 is 1.59 bits per heavy atom. The monoisotopic (exact) mass is 523 g/mol. The Labute approximate surface area is 214 Å². The predicted molar refractivity (Wildman–Crippen MR) is 144 cm³/mol. The number of pyridine rings is 1. The van der Waals surface area contributed by atoms with Crippen molar-refractivity contribution in [3.63, 3.8) is 0 Å². The number of rotatable bonds is 4. The van der Waals surface area contributed by atoms with Crippen LogP contribution in [0.15, 0.2) is 78.9 Å². The Bertz CT molecular complexity index is 1530. The molecule has 5 aromatic rings. The first kappa shape index (κ1) is 22.7. The number of amides is 1. The molecule has 0 atom stereocenters. The first-order valence-electron chi connectivity index (χ1n) is 10.2. The van der Waals surface area contributed by atoms with Crippen LogP contribution in [0.4, 0.5) is 11.4 Å². The molecule has 1 amide bonds. The predicted octanol–water partition coefficient (Wildman–Crippen LogP) is 8.43. The molecule has 0 aliphatic rings. The van der Waals surface area contributed by atoms with E-state index in [0.717, 1.165) is 27.8 Å². The molecule has 0 saturated carbocycles. The average molecular weight is 525 g/mol. The van der Waals surface area contributed by atoms with E-state index in [1.807, 2.05) is 60.7 Å². The van der Waals surface area contributed by atoms with Crippen LogP contribution >= 0.6 is 46.1 Å². The summed E-state index contributed by atoms with van der Waals surface area (Å²) in [5, 5.41) is 4.97. The number of nitrogens with zero attached hydrogens (tertiary/aromatic N) is 1. The van der Waals surface area contributed by atoms with Crippen LogP contribution in [0.1, 0.15) is 9.67 Å². The van der Waals surface area contributed by atoms with Gasteiger partial charge in [-0.05, 0) is 47.5 Å². The van der Waals surface area contributed by atoms with Crippen molar-refractivity contribution in [1.82, 2.24) is 4.98 Å². The number of nitrogens with two attached hydrogens (primary N) is 1. The summed E-state index contributed by atoms with van der Waals surface area (Å²) < 4.78 is 0. The van der Waals surface area contributed by atoms with Crippen molar-refractivity contribution in [3.05, 3.63) is 98.8 Å². The van der Waals surface area contributed by atoms with E-state index in [9.17, 15) is 4.79 Å². The minimum absolute atomic E-state index is 0.345. The number of hydrogen-bond acceptors (Lipinski definition) is 4. The first-order valence-corrected chi connectivity index (χ1v) is 12.2. The molecule has 0 unspecified atom stereocenters. The number of nitrogen functional groups attached to an aromatic ring is 1. The molecular formula is C26H16Cl3N3OS.